The van der Waals surface area contributed by atoms with Crippen LogP contribution in [-0.4, -0.2) is 25.6 Å². The molecule has 1 saturated carbocycles. The van der Waals surface area contributed by atoms with Gasteiger partial charge in [0, 0.05) is 24.2 Å². The van der Waals surface area contributed by atoms with E-state index in [4.69, 9.17) is 14.7 Å². The molecule has 0 bridgehead atoms. The molecular weight excluding hydrogens is 384 g/mol. The molecule has 6 rings (SSSR count). The Labute approximate surface area is 182 Å². The summed E-state index contributed by atoms with van der Waals surface area (Å²) >= 11 is 0. The van der Waals surface area contributed by atoms with Crippen LogP contribution >= 0.6 is 0 Å². The zero-order valence-corrected chi connectivity index (χ0v) is 17.8. The molecule has 3 aromatic rings. The number of allylic oxidation sites excluding steroid dienone is 4. The fraction of sp³-hybridized carbons (Fsp3) is 0.423. The summed E-state index contributed by atoms with van der Waals surface area (Å²) in [5.41, 5.74) is 5.49. The topological polar surface area (TPSA) is 52.8 Å². The zero-order valence-electron chi connectivity index (χ0n) is 17.8. The minimum absolute atomic E-state index is 0.295. The largest absolute Gasteiger partial charge is 0.474 e. The maximum atomic E-state index is 6.19. The third-order valence-electron chi connectivity index (χ3n) is 6.91. The van der Waals surface area contributed by atoms with E-state index in [0.717, 1.165) is 66.8 Å². The van der Waals surface area contributed by atoms with E-state index in [1.807, 2.05) is 18.3 Å². The third-order valence-corrected chi connectivity index (χ3v) is 6.91. The summed E-state index contributed by atoms with van der Waals surface area (Å²) < 4.78 is 8.57. The highest BCUT2D eigenvalue weighted by Crippen LogP contribution is 2.38. The van der Waals surface area contributed by atoms with Crippen molar-refractivity contribution < 1.29 is 4.74 Å². The highest BCUT2D eigenvalue weighted by molar-refractivity contribution is 5.77. The average Bonchev–Trinajstić information content (AvgIpc) is 3.40. The second-order valence-corrected chi connectivity index (χ2v) is 8.96. The Morgan fingerprint density at radius 1 is 0.968 bits per heavy atom. The quantitative estimate of drug-likeness (QED) is 0.530. The highest BCUT2D eigenvalue weighted by atomic mass is 16.5. The van der Waals surface area contributed by atoms with Crippen molar-refractivity contribution in [1.82, 2.24) is 19.5 Å². The smallest absolute Gasteiger partial charge is 0.214 e. The summed E-state index contributed by atoms with van der Waals surface area (Å²) in [4.78, 5) is 14.4. The predicted molar refractivity (Wildman–Crippen MR) is 122 cm³/mol. The minimum atomic E-state index is 0.295. The molecule has 0 aromatic carbocycles. The first kappa shape index (κ1) is 18.8. The van der Waals surface area contributed by atoms with Gasteiger partial charge in [-0.3, -0.25) is 0 Å². The lowest BCUT2D eigenvalue weighted by Crippen LogP contribution is -2.20. The van der Waals surface area contributed by atoms with Crippen molar-refractivity contribution in [2.45, 2.75) is 69.9 Å². The van der Waals surface area contributed by atoms with Crippen molar-refractivity contribution >= 4 is 11.2 Å². The Hall–Kier alpha value is -2.95. The van der Waals surface area contributed by atoms with E-state index in [1.165, 1.54) is 24.8 Å². The Kier molecular flexibility index (Phi) is 4.82. The van der Waals surface area contributed by atoms with Crippen LogP contribution in [0.15, 0.2) is 54.3 Å². The molecule has 1 atom stereocenters. The van der Waals surface area contributed by atoms with Crippen LogP contribution in [0.2, 0.25) is 0 Å². The second-order valence-electron chi connectivity index (χ2n) is 8.96. The minimum Gasteiger partial charge on any atom is -0.474 e. The molecule has 5 heteroatoms. The molecule has 5 nitrogen and oxygen atoms in total. The van der Waals surface area contributed by atoms with Crippen molar-refractivity contribution in [2.24, 2.45) is 0 Å². The number of fused-ring (bicyclic) bond motifs is 3. The maximum Gasteiger partial charge on any atom is 0.214 e. The van der Waals surface area contributed by atoms with Gasteiger partial charge in [-0.05, 0) is 68.7 Å². The number of nitrogens with zero attached hydrogens (tertiary/aromatic N) is 4. The fourth-order valence-electron chi connectivity index (χ4n) is 5.32. The number of hydrogen-bond acceptors (Lipinski definition) is 4. The molecule has 2 aliphatic carbocycles. The van der Waals surface area contributed by atoms with Crippen molar-refractivity contribution in [2.75, 3.05) is 0 Å². The van der Waals surface area contributed by atoms with E-state index < -0.39 is 0 Å². The van der Waals surface area contributed by atoms with E-state index in [2.05, 4.69) is 39.9 Å². The summed E-state index contributed by atoms with van der Waals surface area (Å²) in [6.07, 6.45) is 19.3. The molecular formula is C26H28N4O. The first-order chi connectivity index (χ1) is 15.3. The molecule has 31 heavy (non-hydrogen) atoms. The molecule has 3 aromatic heterocycles. The molecule has 4 heterocycles. The third kappa shape index (κ3) is 3.56. The van der Waals surface area contributed by atoms with E-state index in [0.29, 0.717) is 18.0 Å². The van der Waals surface area contributed by atoms with E-state index in [1.54, 1.807) is 0 Å². The zero-order chi connectivity index (χ0) is 20.6. The van der Waals surface area contributed by atoms with E-state index >= 15 is 0 Å². The van der Waals surface area contributed by atoms with Gasteiger partial charge in [-0.1, -0.05) is 24.6 Å². The van der Waals surface area contributed by atoms with Gasteiger partial charge < -0.3 is 9.30 Å². The number of ether oxygens (including phenoxy) is 1. The standard InChI is InChI=1S/C26H28N4O/c1-3-7-18(8-4-1)23-13-14-24-28-22-12-11-21(29-26(22)30(23)24)19-15-16-27-25(17-19)31-20-9-5-2-6-10-20/h1,3,7,11-12,15-17,20,23H,2,4-6,8-10,13-14H2/t23-/m1/s1. The molecule has 0 amide bonds. The van der Waals surface area contributed by atoms with Crippen LogP contribution in [0.25, 0.3) is 22.4 Å². The molecule has 1 aliphatic heterocycles. The molecule has 0 spiro atoms. The van der Waals surface area contributed by atoms with Gasteiger partial charge in [0.2, 0.25) is 5.88 Å². The first-order valence-electron chi connectivity index (χ1n) is 11.7. The number of hydrogen-bond donors (Lipinski definition) is 0. The molecule has 1 fully saturated rings. The first-order valence-corrected chi connectivity index (χ1v) is 11.7. The highest BCUT2D eigenvalue weighted by Gasteiger charge is 2.29. The van der Waals surface area contributed by atoms with Crippen molar-refractivity contribution in [3.63, 3.8) is 0 Å². The average molecular weight is 413 g/mol. The maximum absolute atomic E-state index is 6.19. The Morgan fingerprint density at radius 3 is 2.77 bits per heavy atom. The summed E-state index contributed by atoms with van der Waals surface area (Å²) in [6.45, 7) is 0. The van der Waals surface area contributed by atoms with E-state index in [9.17, 15) is 0 Å². The number of aromatic nitrogens is 4. The van der Waals surface area contributed by atoms with Gasteiger partial charge in [-0.15, -0.1) is 0 Å². The van der Waals surface area contributed by atoms with Crippen molar-refractivity contribution in [3.05, 3.63) is 60.1 Å². The van der Waals surface area contributed by atoms with Gasteiger partial charge >= 0.3 is 0 Å². The lowest BCUT2D eigenvalue weighted by atomic mass is 9.96. The number of pyridine rings is 2. The predicted octanol–water partition coefficient (Wildman–Crippen LogP) is 5.97. The van der Waals surface area contributed by atoms with Crippen LogP contribution in [0.5, 0.6) is 5.88 Å². The van der Waals surface area contributed by atoms with Crippen LogP contribution in [0.4, 0.5) is 0 Å². The van der Waals surface area contributed by atoms with Gasteiger partial charge in [0.05, 0.1) is 11.7 Å². The summed E-state index contributed by atoms with van der Waals surface area (Å²) in [7, 11) is 0. The number of rotatable bonds is 4. The van der Waals surface area contributed by atoms with Crippen LogP contribution in [0.3, 0.4) is 0 Å². The van der Waals surface area contributed by atoms with Crippen LogP contribution in [-0.2, 0) is 6.42 Å². The molecule has 0 N–H and O–H groups in total. The Morgan fingerprint density at radius 2 is 1.90 bits per heavy atom. The SMILES string of the molecule is C1=CCCC([C@H]2CCc3nc4ccc(-c5ccnc(OC6CCCCC6)c5)nc4n32)=C1. The van der Waals surface area contributed by atoms with Crippen LogP contribution in [0.1, 0.15) is 63.2 Å². The Bertz CT molecular complexity index is 1170. The molecule has 3 aliphatic rings. The second kappa shape index (κ2) is 7.95. The lowest BCUT2D eigenvalue weighted by Gasteiger charge is -2.22. The van der Waals surface area contributed by atoms with Gasteiger partial charge in [0.1, 0.15) is 17.4 Å². The van der Waals surface area contributed by atoms with E-state index in [-0.39, 0.29) is 0 Å². The van der Waals surface area contributed by atoms with Gasteiger partial charge in [0.25, 0.3) is 0 Å². The van der Waals surface area contributed by atoms with Crippen molar-refractivity contribution in [1.29, 1.82) is 0 Å². The normalized spacial score (nSPS) is 21.3. The van der Waals surface area contributed by atoms with Crippen LogP contribution in [0, 0.1) is 0 Å². The fourth-order valence-corrected chi connectivity index (χ4v) is 5.32. The van der Waals surface area contributed by atoms with Crippen molar-refractivity contribution in [3.8, 4) is 17.1 Å². The molecule has 0 saturated heterocycles. The van der Waals surface area contributed by atoms with Crippen LogP contribution < -0.4 is 4.74 Å². The number of aryl methyl sites for hydroxylation is 1. The Balaban J connectivity index is 1.34. The summed E-state index contributed by atoms with van der Waals surface area (Å²) in [5.74, 6) is 1.87. The number of imidazole rings is 1. The van der Waals surface area contributed by atoms with Gasteiger partial charge in [0.15, 0.2) is 5.65 Å². The molecule has 0 unspecified atom stereocenters. The van der Waals surface area contributed by atoms with Gasteiger partial charge in [-0.25, -0.2) is 15.0 Å². The summed E-state index contributed by atoms with van der Waals surface area (Å²) in [6, 6.07) is 8.63. The molecule has 0 radical (unpaired) electrons. The van der Waals surface area contributed by atoms with Gasteiger partial charge in [-0.2, -0.15) is 0 Å². The summed E-state index contributed by atoms with van der Waals surface area (Å²) in [5, 5.41) is 0. The monoisotopic (exact) mass is 412 g/mol. The molecule has 158 valence electrons. The lowest BCUT2D eigenvalue weighted by molar-refractivity contribution is 0.149.